The fourth-order valence-corrected chi connectivity index (χ4v) is 2.53. The van der Waals surface area contributed by atoms with Gasteiger partial charge in [-0.25, -0.2) is 0 Å². The van der Waals surface area contributed by atoms with Gasteiger partial charge in [-0.3, -0.25) is 10.1 Å². The van der Waals surface area contributed by atoms with Crippen LogP contribution in [0.4, 0.5) is 11.4 Å². The fourth-order valence-electron chi connectivity index (χ4n) is 2.53. The van der Waals surface area contributed by atoms with E-state index in [9.17, 15) is 10.1 Å². The Hall–Kier alpha value is -1.82. The molecule has 1 heterocycles. The predicted molar refractivity (Wildman–Crippen MR) is 83.0 cm³/mol. The van der Waals surface area contributed by atoms with Gasteiger partial charge in [-0.15, -0.1) is 0 Å². The number of hydrogen-bond donors (Lipinski definition) is 2. The summed E-state index contributed by atoms with van der Waals surface area (Å²) in [5.74, 6) is 0.546. The standard InChI is InChI=1S/C15H23N3O3/c1-3-7-21-14-9-12(8-13(10-14)18(19)20)17-15-5-4-6-16-11(15)2/h8-11,15-17H,3-7H2,1-2H3. The maximum atomic E-state index is 11.0. The number of benzene rings is 1. The summed E-state index contributed by atoms with van der Waals surface area (Å²) in [4.78, 5) is 10.7. The van der Waals surface area contributed by atoms with E-state index in [1.165, 1.54) is 6.07 Å². The zero-order valence-corrected chi connectivity index (χ0v) is 12.6. The van der Waals surface area contributed by atoms with Crippen LogP contribution in [-0.2, 0) is 0 Å². The van der Waals surface area contributed by atoms with Crippen LogP contribution in [0, 0.1) is 10.1 Å². The van der Waals surface area contributed by atoms with Crippen molar-refractivity contribution in [1.82, 2.24) is 5.32 Å². The lowest BCUT2D eigenvalue weighted by Crippen LogP contribution is -2.46. The monoisotopic (exact) mass is 293 g/mol. The molecule has 21 heavy (non-hydrogen) atoms. The number of piperidine rings is 1. The van der Waals surface area contributed by atoms with Gasteiger partial charge in [-0.2, -0.15) is 0 Å². The van der Waals surface area contributed by atoms with Crippen molar-refractivity contribution in [2.45, 2.75) is 45.2 Å². The molecule has 0 radical (unpaired) electrons. The molecule has 1 saturated heterocycles. The van der Waals surface area contributed by atoms with E-state index in [4.69, 9.17) is 4.74 Å². The third-order valence-electron chi connectivity index (χ3n) is 3.69. The van der Waals surface area contributed by atoms with Crippen LogP contribution in [0.15, 0.2) is 18.2 Å². The number of nitro benzene ring substituents is 1. The second kappa shape index (κ2) is 7.26. The Balaban J connectivity index is 2.16. The van der Waals surface area contributed by atoms with Gasteiger partial charge in [0, 0.05) is 29.9 Å². The van der Waals surface area contributed by atoms with Crippen molar-refractivity contribution in [2.24, 2.45) is 0 Å². The van der Waals surface area contributed by atoms with Gasteiger partial charge in [0.15, 0.2) is 0 Å². The van der Waals surface area contributed by atoms with Crippen molar-refractivity contribution >= 4 is 11.4 Å². The van der Waals surface area contributed by atoms with Crippen molar-refractivity contribution in [1.29, 1.82) is 0 Å². The van der Waals surface area contributed by atoms with Crippen molar-refractivity contribution < 1.29 is 9.66 Å². The third-order valence-corrected chi connectivity index (χ3v) is 3.69. The smallest absolute Gasteiger partial charge is 0.275 e. The van der Waals surface area contributed by atoms with Crippen molar-refractivity contribution in [3.63, 3.8) is 0 Å². The number of non-ortho nitro benzene ring substituents is 1. The van der Waals surface area contributed by atoms with Crippen molar-refractivity contribution in [3.8, 4) is 5.75 Å². The molecule has 2 rings (SSSR count). The second-order valence-corrected chi connectivity index (χ2v) is 5.46. The molecule has 0 aromatic heterocycles. The minimum absolute atomic E-state index is 0.0579. The number of anilines is 1. The molecule has 1 aliphatic heterocycles. The highest BCUT2D eigenvalue weighted by Gasteiger charge is 2.21. The number of nitro groups is 1. The number of nitrogens with one attached hydrogen (secondary N) is 2. The Morgan fingerprint density at radius 1 is 1.48 bits per heavy atom. The van der Waals surface area contributed by atoms with Crippen molar-refractivity contribution in [2.75, 3.05) is 18.5 Å². The molecule has 0 aliphatic carbocycles. The Labute approximate surface area is 125 Å². The molecule has 2 unspecified atom stereocenters. The Bertz CT molecular complexity index is 493. The minimum Gasteiger partial charge on any atom is -0.493 e. The van der Waals surface area contributed by atoms with Gasteiger partial charge >= 0.3 is 0 Å². The summed E-state index contributed by atoms with van der Waals surface area (Å²) in [5.41, 5.74) is 0.804. The first kappa shape index (κ1) is 15.6. The molecule has 0 amide bonds. The Kier molecular flexibility index (Phi) is 5.38. The molecule has 0 saturated carbocycles. The van der Waals surface area contributed by atoms with E-state index in [1.54, 1.807) is 6.07 Å². The number of ether oxygens (including phenoxy) is 1. The van der Waals surface area contributed by atoms with Crippen LogP contribution in [0.1, 0.15) is 33.1 Å². The van der Waals surface area contributed by atoms with Crippen LogP contribution in [0.3, 0.4) is 0 Å². The van der Waals surface area contributed by atoms with Crippen LogP contribution >= 0.6 is 0 Å². The van der Waals surface area contributed by atoms with Crippen molar-refractivity contribution in [3.05, 3.63) is 28.3 Å². The minimum atomic E-state index is -0.382. The highest BCUT2D eigenvalue weighted by atomic mass is 16.6. The van der Waals surface area contributed by atoms with Gasteiger partial charge in [-0.1, -0.05) is 6.92 Å². The maximum Gasteiger partial charge on any atom is 0.275 e. The molecule has 0 spiro atoms. The van der Waals surface area contributed by atoms with E-state index < -0.39 is 0 Å². The van der Waals surface area contributed by atoms with Gasteiger partial charge < -0.3 is 15.4 Å². The molecule has 6 nitrogen and oxygen atoms in total. The molecule has 6 heteroatoms. The van der Waals surface area contributed by atoms with Crippen LogP contribution in [0.5, 0.6) is 5.75 Å². The summed E-state index contributed by atoms with van der Waals surface area (Å²) < 4.78 is 5.54. The number of hydrogen-bond acceptors (Lipinski definition) is 5. The van der Waals surface area contributed by atoms with Crippen LogP contribution in [0.2, 0.25) is 0 Å². The Morgan fingerprint density at radius 3 is 2.95 bits per heavy atom. The molecule has 2 N–H and O–H groups in total. The van der Waals surface area contributed by atoms with Crippen LogP contribution in [-0.4, -0.2) is 30.2 Å². The molecule has 2 atom stereocenters. The molecule has 116 valence electrons. The average Bonchev–Trinajstić information content (AvgIpc) is 2.47. The lowest BCUT2D eigenvalue weighted by Gasteiger charge is -2.31. The summed E-state index contributed by atoms with van der Waals surface area (Å²) in [6, 6.07) is 5.51. The van der Waals surface area contributed by atoms with E-state index in [0.29, 0.717) is 18.4 Å². The molecule has 1 aromatic carbocycles. The molecular weight excluding hydrogens is 270 g/mol. The highest BCUT2D eigenvalue weighted by Crippen LogP contribution is 2.27. The van der Waals surface area contributed by atoms with Gasteiger partial charge in [-0.05, 0) is 32.7 Å². The lowest BCUT2D eigenvalue weighted by molar-refractivity contribution is -0.384. The second-order valence-electron chi connectivity index (χ2n) is 5.46. The number of nitrogens with zero attached hydrogens (tertiary/aromatic N) is 1. The van der Waals surface area contributed by atoms with Gasteiger partial charge in [0.25, 0.3) is 5.69 Å². The maximum absolute atomic E-state index is 11.0. The molecule has 1 aliphatic rings. The first-order valence-corrected chi connectivity index (χ1v) is 7.52. The zero-order chi connectivity index (χ0) is 15.2. The highest BCUT2D eigenvalue weighted by molar-refractivity contribution is 5.57. The predicted octanol–water partition coefficient (Wildman–Crippen LogP) is 2.94. The van der Waals surface area contributed by atoms with E-state index in [0.717, 1.165) is 31.5 Å². The zero-order valence-electron chi connectivity index (χ0n) is 12.6. The quantitative estimate of drug-likeness (QED) is 0.623. The average molecular weight is 293 g/mol. The van der Waals surface area contributed by atoms with Gasteiger partial charge in [0.05, 0.1) is 17.6 Å². The van der Waals surface area contributed by atoms with E-state index in [-0.39, 0.29) is 16.7 Å². The molecule has 1 aromatic rings. The summed E-state index contributed by atoms with van der Waals surface area (Å²) in [6.07, 6.45) is 3.03. The van der Waals surface area contributed by atoms with Gasteiger partial charge in [0.2, 0.25) is 0 Å². The largest absolute Gasteiger partial charge is 0.493 e. The van der Waals surface area contributed by atoms with Gasteiger partial charge in [0.1, 0.15) is 5.75 Å². The van der Waals surface area contributed by atoms with E-state index in [2.05, 4.69) is 17.6 Å². The number of rotatable bonds is 6. The lowest BCUT2D eigenvalue weighted by atomic mass is 9.99. The summed E-state index contributed by atoms with van der Waals surface area (Å²) >= 11 is 0. The Morgan fingerprint density at radius 2 is 2.29 bits per heavy atom. The van der Waals surface area contributed by atoms with E-state index in [1.807, 2.05) is 13.0 Å². The van der Waals surface area contributed by atoms with Crippen LogP contribution < -0.4 is 15.4 Å². The normalized spacial score (nSPS) is 21.8. The van der Waals surface area contributed by atoms with E-state index >= 15 is 0 Å². The SMILES string of the molecule is CCCOc1cc(NC2CCCNC2C)cc([N+](=O)[O-])c1. The third kappa shape index (κ3) is 4.32. The summed E-state index contributed by atoms with van der Waals surface area (Å²) in [5, 5.41) is 17.9. The first-order chi connectivity index (χ1) is 10.1. The summed E-state index contributed by atoms with van der Waals surface area (Å²) in [6.45, 7) is 5.72. The van der Waals surface area contributed by atoms with Crippen LogP contribution in [0.25, 0.3) is 0 Å². The molecular formula is C15H23N3O3. The first-order valence-electron chi connectivity index (χ1n) is 7.52. The molecule has 1 fully saturated rings. The summed E-state index contributed by atoms with van der Waals surface area (Å²) in [7, 11) is 0. The molecule has 0 bridgehead atoms. The fraction of sp³-hybridized carbons (Fsp3) is 0.600. The topological polar surface area (TPSA) is 76.4 Å².